The summed E-state index contributed by atoms with van der Waals surface area (Å²) in [5.74, 6) is 0. The Bertz CT molecular complexity index is 633. The molecule has 0 N–H and O–H groups in total. The first kappa shape index (κ1) is 16.9. The van der Waals surface area contributed by atoms with Crippen LogP contribution in [0.1, 0.15) is 33.7 Å². The van der Waals surface area contributed by atoms with Gasteiger partial charge in [0.1, 0.15) is 12.0 Å². The lowest BCUT2D eigenvalue weighted by molar-refractivity contribution is 0.241. The fourth-order valence-electron chi connectivity index (χ4n) is 1.91. The SMILES string of the molecule is C[C@@H](CO[Si](C)(C)C(C)(C)C)n1cc(I)c2cncnc21. The van der Waals surface area contributed by atoms with E-state index in [0.29, 0.717) is 0 Å². The van der Waals surface area contributed by atoms with E-state index in [1.807, 2.05) is 6.20 Å². The zero-order valence-electron chi connectivity index (χ0n) is 13.6. The van der Waals surface area contributed by atoms with Crippen molar-refractivity contribution >= 4 is 41.9 Å². The maximum absolute atomic E-state index is 6.34. The Morgan fingerprint density at radius 1 is 1.38 bits per heavy atom. The van der Waals surface area contributed by atoms with Crippen molar-refractivity contribution in [2.24, 2.45) is 0 Å². The summed E-state index contributed by atoms with van der Waals surface area (Å²) in [5, 5.41) is 1.35. The monoisotopic (exact) mass is 417 g/mol. The van der Waals surface area contributed by atoms with Crippen LogP contribution in [-0.4, -0.2) is 29.5 Å². The summed E-state index contributed by atoms with van der Waals surface area (Å²) < 4.78 is 9.72. The van der Waals surface area contributed by atoms with Crippen molar-refractivity contribution in [3.63, 3.8) is 0 Å². The summed E-state index contributed by atoms with van der Waals surface area (Å²) in [6.45, 7) is 14.3. The van der Waals surface area contributed by atoms with Crippen molar-refractivity contribution < 1.29 is 4.43 Å². The van der Waals surface area contributed by atoms with E-state index in [9.17, 15) is 0 Å². The third kappa shape index (κ3) is 3.48. The highest BCUT2D eigenvalue weighted by Crippen LogP contribution is 2.37. The molecule has 0 aliphatic rings. The molecule has 0 aliphatic heterocycles. The van der Waals surface area contributed by atoms with E-state index in [0.717, 1.165) is 17.6 Å². The predicted molar refractivity (Wildman–Crippen MR) is 98.1 cm³/mol. The molecular formula is C15H24IN3OSi. The molecule has 0 aliphatic carbocycles. The van der Waals surface area contributed by atoms with E-state index in [1.54, 1.807) is 6.33 Å². The van der Waals surface area contributed by atoms with Crippen molar-refractivity contribution in [1.29, 1.82) is 0 Å². The van der Waals surface area contributed by atoms with Crippen LogP contribution in [0, 0.1) is 3.57 Å². The van der Waals surface area contributed by atoms with Crippen LogP contribution in [0.25, 0.3) is 11.0 Å². The van der Waals surface area contributed by atoms with Crippen LogP contribution in [0.15, 0.2) is 18.7 Å². The number of hydrogen-bond acceptors (Lipinski definition) is 3. The van der Waals surface area contributed by atoms with Gasteiger partial charge in [-0.25, -0.2) is 9.97 Å². The van der Waals surface area contributed by atoms with Gasteiger partial charge < -0.3 is 8.99 Å². The molecule has 2 heterocycles. The molecule has 6 heteroatoms. The molecular weight excluding hydrogens is 393 g/mol. The minimum absolute atomic E-state index is 0.238. The molecule has 0 amide bonds. The quantitative estimate of drug-likeness (QED) is 0.539. The van der Waals surface area contributed by atoms with Gasteiger partial charge in [0.05, 0.1) is 18.0 Å². The maximum Gasteiger partial charge on any atom is 0.192 e. The molecule has 0 radical (unpaired) electrons. The molecule has 2 aromatic heterocycles. The molecule has 0 unspecified atom stereocenters. The second-order valence-electron chi connectivity index (χ2n) is 7.06. The van der Waals surface area contributed by atoms with Gasteiger partial charge in [0.25, 0.3) is 0 Å². The number of nitrogens with zero attached hydrogens (tertiary/aromatic N) is 3. The van der Waals surface area contributed by atoms with E-state index in [2.05, 4.69) is 84.1 Å². The predicted octanol–water partition coefficient (Wildman–Crippen LogP) is 4.62. The largest absolute Gasteiger partial charge is 0.415 e. The normalized spacial score (nSPS) is 14.6. The van der Waals surface area contributed by atoms with E-state index in [-0.39, 0.29) is 11.1 Å². The van der Waals surface area contributed by atoms with Crippen LogP contribution in [-0.2, 0) is 4.43 Å². The highest BCUT2D eigenvalue weighted by molar-refractivity contribution is 14.1. The number of hydrogen-bond donors (Lipinski definition) is 0. The summed E-state index contributed by atoms with van der Waals surface area (Å²) in [6.07, 6.45) is 5.62. The Hall–Kier alpha value is -0.473. The van der Waals surface area contributed by atoms with Crippen molar-refractivity contribution in [3.05, 3.63) is 22.3 Å². The average molecular weight is 417 g/mol. The average Bonchev–Trinajstić information content (AvgIpc) is 2.73. The van der Waals surface area contributed by atoms with Gasteiger partial charge in [-0.1, -0.05) is 20.8 Å². The number of aromatic nitrogens is 3. The molecule has 0 saturated carbocycles. The molecule has 0 spiro atoms. The van der Waals surface area contributed by atoms with Gasteiger partial charge in [0.15, 0.2) is 8.32 Å². The third-order valence-electron chi connectivity index (χ3n) is 4.41. The summed E-state index contributed by atoms with van der Waals surface area (Å²) in [6, 6.07) is 0.264. The van der Waals surface area contributed by atoms with Gasteiger partial charge >= 0.3 is 0 Å². The first-order valence-corrected chi connectivity index (χ1v) is 11.2. The van der Waals surface area contributed by atoms with Gasteiger partial charge in [0, 0.05) is 16.0 Å². The van der Waals surface area contributed by atoms with Crippen molar-refractivity contribution in [1.82, 2.24) is 14.5 Å². The van der Waals surface area contributed by atoms with Crippen molar-refractivity contribution in [2.75, 3.05) is 6.61 Å². The summed E-state index contributed by atoms with van der Waals surface area (Å²) in [5.41, 5.74) is 0.987. The summed E-state index contributed by atoms with van der Waals surface area (Å²) in [7, 11) is -1.71. The third-order valence-corrected chi connectivity index (χ3v) is 9.77. The topological polar surface area (TPSA) is 39.9 Å². The lowest BCUT2D eigenvalue weighted by Gasteiger charge is -2.37. The molecule has 0 fully saturated rings. The number of rotatable bonds is 4. The molecule has 0 saturated heterocycles. The minimum atomic E-state index is -1.71. The second-order valence-corrected chi connectivity index (χ2v) is 13.0. The molecule has 116 valence electrons. The standard InChI is InChI=1S/C15H24IN3OSi/c1-11(9-20-21(5,6)15(2,3)4)19-8-13(16)12-7-17-10-18-14(12)19/h7-8,10-11H,9H2,1-6H3/t11-/m0/s1. The highest BCUT2D eigenvalue weighted by atomic mass is 127. The minimum Gasteiger partial charge on any atom is -0.415 e. The molecule has 0 aromatic carbocycles. The van der Waals surface area contributed by atoms with Crippen LogP contribution >= 0.6 is 22.6 Å². The zero-order chi connectivity index (χ0) is 15.8. The van der Waals surface area contributed by atoms with Crippen LogP contribution in [0.2, 0.25) is 18.1 Å². The number of fused-ring (bicyclic) bond motifs is 1. The van der Waals surface area contributed by atoms with Gasteiger partial charge in [0.2, 0.25) is 0 Å². The van der Waals surface area contributed by atoms with Crippen LogP contribution < -0.4 is 0 Å². The zero-order valence-corrected chi connectivity index (χ0v) is 16.8. The smallest absolute Gasteiger partial charge is 0.192 e. The summed E-state index contributed by atoms with van der Waals surface area (Å²) in [4.78, 5) is 8.53. The fraction of sp³-hybridized carbons (Fsp3) is 0.600. The van der Waals surface area contributed by atoms with Crippen molar-refractivity contribution in [3.8, 4) is 0 Å². The van der Waals surface area contributed by atoms with Crippen LogP contribution in [0.5, 0.6) is 0 Å². The van der Waals surface area contributed by atoms with Crippen molar-refractivity contribution in [2.45, 2.75) is 51.9 Å². The van der Waals surface area contributed by atoms with Gasteiger partial charge in [-0.05, 0) is 47.6 Å². The highest BCUT2D eigenvalue weighted by Gasteiger charge is 2.37. The van der Waals surface area contributed by atoms with E-state index < -0.39 is 8.32 Å². The molecule has 21 heavy (non-hydrogen) atoms. The Labute approximate surface area is 141 Å². The Kier molecular flexibility index (Phi) is 4.80. The Balaban J connectivity index is 2.19. The molecule has 0 bridgehead atoms. The molecule has 2 aromatic rings. The van der Waals surface area contributed by atoms with E-state index in [4.69, 9.17) is 4.43 Å². The van der Waals surface area contributed by atoms with Gasteiger partial charge in [-0.2, -0.15) is 0 Å². The first-order chi connectivity index (χ1) is 9.63. The lowest BCUT2D eigenvalue weighted by Crippen LogP contribution is -2.41. The van der Waals surface area contributed by atoms with Gasteiger partial charge in [-0.3, -0.25) is 0 Å². The second kappa shape index (κ2) is 5.96. The fourth-order valence-corrected chi connectivity index (χ4v) is 3.68. The number of halogens is 1. The van der Waals surface area contributed by atoms with Gasteiger partial charge in [-0.15, -0.1) is 0 Å². The summed E-state index contributed by atoms with van der Waals surface area (Å²) >= 11 is 2.34. The first-order valence-electron chi connectivity index (χ1n) is 7.23. The van der Waals surface area contributed by atoms with Crippen LogP contribution in [0.4, 0.5) is 0 Å². The Morgan fingerprint density at radius 2 is 2.05 bits per heavy atom. The maximum atomic E-state index is 6.34. The lowest BCUT2D eigenvalue weighted by atomic mass is 10.2. The molecule has 4 nitrogen and oxygen atoms in total. The van der Waals surface area contributed by atoms with Crippen LogP contribution in [0.3, 0.4) is 0 Å². The van der Waals surface area contributed by atoms with E-state index >= 15 is 0 Å². The van der Waals surface area contributed by atoms with E-state index in [1.165, 1.54) is 3.57 Å². The Morgan fingerprint density at radius 3 is 2.67 bits per heavy atom. The molecule has 2 rings (SSSR count). The molecule has 1 atom stereocenters.